The second-order valence-electron chi connectivity index (χ2n) is 4.35. The molecule has 2 N–H and O–H groups in total. The molecule has 0 amide bonds. The van der Waals surface area contributed by atoms with Crippen molar-refractivity contribution in [3.05, 3.63) is 47.8 Å². The molecule has 0 fully saturated rings. The number of hydrogen-bond acceptors (Lipinski definition) is 4. The lowest BCUT2D eigenvalue weighted by atomic mass is 10.2. The second kappa shape index (κ2) is 6.54. The van der Waals surface area contributed by atoms with Gasteiger partial charge in [-0.25, -0.2) is 8.42 Å². The molecule has 0 radical (unpaired) electrons. The maximum atomic E-state index is 12.4. The molecule has 21 heavy (non-hydrogen) atoms. The average molecular weight is 305 g/mol. The minimum absolute atomic E-state index is 0.197. The van der Waals surface area contributed by atoms with Gasteiger partial charge in [-0.3, -0.25) is 5.10 Å². The summed E-state index contributed by atoms with van der Waals surface area (Å²) in [7, 11) is -2.04. The van der Waals surface area contributed by atoms with Gasteiger partial charge in [0.15, 0.2) is 0 Å². The van der Waals surface area contributed by atoms with E-state index in [1.54, 1.807) is 24.5 Å². The molecule has 1 aromatic heterocycles. The van der Waals surface area contributed by atoms with Gasteiger partial charge in [0, 0.05) is 30.9 Å². The zero-order valence-corrected chi connectivity index (χ0v) is 12.3. The number of hydrogen-bond donors (Lipinski definition) is 2. The Balaban J connectivity index is 2.18. The lowest BCUT2D eigenvalue weighted by Gasteiger charge is -2.16. The van der Waals surface area contributed by atoms with Gasteiger partial charge in [0.05, 0.1) is 11.1 Å². The summed E-state index contributed by atoms with van der Waals surface area (Å²) in [5.74, 6) is 5.23. The topological polar surface area (TPSA) is 86.3 Å². The molecule has 0 aliphatic rings. The molecule has 0 bridgehead atoms. The fraction of sp³-hybridized carbons (Fsp3) is 0.214. The van der Waals surface area contributed by atoms with Gasteiger partial charge in [-0.05, 0) is 24.3 Å². The van der Waals surface area contributed by atoms with Crippen molar-refractivity contribution < 1.29 is 13.5 Å². The second-order valence-corrected chi connectivity index (χ2v) is 6.40. The van der Waals surface area contributed by atoms with Crippen LogP contribution in [-0.4, -0.2) is 41.7 Å². The molecule has 7 heteroatoms. The van der Waals surface area contributed by atoms with Crippen LogP contribution in [0.1, 0.15) is 11.1 Å². The number of benzene rings is 1. The minimum atomic E-state index is -3.56. The first-order chi connectivity index (χ1) is 10.0. The Morgan fingerprint density at radius 1 is 1.33 bits per heavy atom. The molecule has 2 aromatic rings. The molecule has 0 atom stereocenters. The summed E-state index contributed by atoms with van der Waals surface area (Å²) in [4.78, 5) is 0.197. The van der Waals surface area contributed by atoms with Crippen molar-refractivity contribution in [1.29, 1.82) is 0 Å². The number of sulfonamides is 1. The zero-order chi connectivity index (χ0) is 15.3. The van der Waals surface area contributed by atoms with E-state index in [0.717, 1.165) is 5.56 Å². The van der Waals surface area contributed by atoms with Crippen LogP contribution in [0.5, 0.6) is 0 Å². The first-order valence-electron chi connectivity index (χ1n) is 6.18. The van der Waals surface area contributed by atoms with Gasteiger partial charge in [-0.1, -0.05) is 11.8 Å². The van der Waals surface area contributed by atoms with Gasteiger partial charge in [0.1, 0.15) is 6.61 Å². The molecule has 0 aliphatic heterocycles. The third-order valence-corrected chi connectivity index (χ3v) is 4.65. The van der Waals surface area contributed by atoms with E-state index in [0.29, 0.717) is 5.56 Å². The van der Waals surface area contributed by atoms with Crippen molar-refractivity contribution in [2.75, 3.05) is 13.7 Å². The van der Waals surface area contributed by atoms with Crippen LogP contribution >= 0.6 is 0 Å². The van der Waals surface area contributed by atoms with Crippen LogP contribution in [0, 0.1) is 11.8 Å². The third kappa shape index (κ3) is 3.70. The van der Waals surface area contributed by atoms with Gasteiger partial charge in [-0.2, -0.15) is 9.40 Å². The molecule has 1 aromatic carbocycles. The quantitative estimate of drug-likeness (QED) is 0.809. The summed E-state index contributed by atoms with van der Waals surface area (Å²) in [6.07, 6.45) is 3.24. The highest BCUT2D eigenvalue weighted by atomic mass is 32.2. The number of aromatic nitrogens is 2. The van der Waals surface area contributed by atoms with E-state index in [2.05, 4.69) is 22.0 Å². The monoisotopic (exact) mass is 305 g/mol. The fourth-order valence-corrected chi connectivity index (χ4v) is 2.90. The molecular weight excluding hydrogens is 290 g/mol. The van der Waals surface area contributed by atoms with Crippen LogP contribution in [0.25, 0.3) is 0 Å². The largest absolute Gasteiger partial charge is 0.384 e. The van der Waals surface area contributed by atoms with Crippen molar-refractivity contribution in [3.63, 3.8) is 0 Å². The van der Waals surface area contributed by atoms with Crippen molar-refractivity contribution in [2.24, 2.45) is 0 Å². The predicted molar refractivity (Wildman–Crippen MR) is 77.6 cm³/mol. The minimum Gasteiger partial charge on any atom is -0.384 e. The molecular formula is C14H15N3O3S. The van der Waals surface area contributed by atoms with Crippen molar-refractivity contribution >= 4 is 10.0 Å². The molecule has 1 heterocycles. The summed E-state index contributed by atoms with van der Waals surface area (Å²) in [6, 6.07) is 6.23. The highest BCUT2D eigenvalue weighted by Crippen LogP contribution is 2.16. The van der Waals surface area contributed by atoms with E-state index < -0.39 is 10.0 Å². The van der Waals surface area contributed by atoms with Gasteiger partial charge in [-0.15, -0.1) is 0 Å². The maximum Gasteiger partial charge on any atom is 0.243 e. The van der Waals surface area contributed by atoms with Crippen LogP contribution in [-0.2, 0) is 16.6 Å². The van der Waals surface area contributed by atoms with Crippen molar-refractivity contribution in [2.45, 2.75) is 11.4 Å². The number of aliphatic hydroxyl groups excluding tert-OH is 1. The van der Waals surface area contributed by atoms with Crippen LogP contribution in [0.15, 0.2) is 41.6 Å². The molecule has 2 rings (SSSR count). The van der Waals surface area contributed by atoms with Gasteiger partial charge in [0.25, 0.3) is 0 Å². The van der Waals surface area contributed by atoms with E-state index >= 15 is 0 Å². The van der Waals surface area contributed by atoms with Crippen LogP contribution in [0.2, 0.25) is 0 Å². The van der Waals surface area contributed by atoms with Gasteiger partial charge in [0.2, 0.25) is 10.0 Å². The van der Waals surface area contributed by atoms with Crippen LogP contribution < -0.4 is 0 Å². The lowest BCUT2D eigenvalue weighted by Crippen LogP contribution is -2.26. The predicted octanol–water partition coefficient (Wildman–Crippen LogP) is 0.574. The first-order valence-corrected chi connectivity index (χ1v) is 7.62. The Labute approximate surface area is 123 Å². The normalized spacial score (nSPS) is 11.2. The summed E-state index contributed by atoms with van der Waals surface area (Å²) < 4.78 is 26.1. The molecule has 0 saturated heterocycles. The van der Waals surface area contributed by atoms with Crippen molar-refractivity contribution in [3.8, 4) is 11.8 Å². The Morgan fingerprint density at radius 2 is 2.05 bits per heavy atom. The van der Waals surface area contributed by atoms with Gasteiger partial charge < -0.3 is 5.11 Å². The number of aliphatic hydroxyl groups is 1. The van der Waals surface area contributed by atoms with Crippen LogP contribution in [0.4, 0.5) is 0 Å². The highest BCUT2D eigenvalue weighted by Gasteiger charge is 2.20. The summed E-state index contributed by atoms with van der Waals surface area (Å²) in [5.41, 5.74) is 1.44. The Morgan fingerprint density at radius 3 is 2.62 bits per heavy atom. The zero-order valence-electron chi connectivity index (χ0n) is 11.4. The molecule has 6 nitrogen and oxygen atoms in total. The van der Waals surface area contributed by atoms with Gasteiger partial charge >= 0.3 is 0 Å². The maximum absolute atomic E-state index is 12.4. The average Bonchev–Trinajstić information content (AvgIpc) is 2.98. The molecule has 0 unspecified atom stereocenters. The SMILES string of the molecule is CN(Cc1cn[nH]c1)S(=O)(=O)c1ccc(C#CCO)cc1. The van der Waals surface area contributed by atoms with E-state index in [4.69, 9.17) is 5.11 Å². The number of nitrogens with zero attached hydrogens (tertiary/aromatic N) is 2. The van der Waals surface area contributed by atoms with Crippen LogP contribution in [0.3, 0.4) is 0 Å². The van der Waals surface area contributed by atoms with E-state index in [9.17, 15) is 8.42 Å². The third-order valence-electron chi connectivity index (χ3n) is 2.83. The molecule has 110 valence electrons. The Bertz CT molecular complexity index is 741. The highest BCUT2D eigenvalue weighted by molar-refractivity contribution is 7.89. The Hall–Kier alpha value is -2.14. The standard InChI is InChI=1S/C14H15N3O3S/c1-17(11-13-9-15-16-10-13)21(19,20)14-6-4-12(5-7-14)3-2-8-18/h4-7,9-10,18H,8,11H2,1H3,(H,15,16). The molecule has 0 spiro atoms. The van der Waals surface area contributed by atoms with Crippen molar-refractivity contribution in [1.82, 2.24) is 14.5 Å². The first kappa shape index (κ1) is 15.3. The number of rotatable bonds is 4. The molecule has 0 saturated carbocycles. The van der Waals surface area contributed by atoms with E-state index in [1.165, 1.54) is 23.5 Å². The summed E-state index contributed by atoms with van der Waals surface area (Å²) in [5, 5.41) is 15.1. The smallest absolute Gasteiger partial charge is 0.243 e. The lowest BCUT2D eigenvalue weighted by molar-refractivity contribution is 0.350. The van der Waals surface area contributed by atoms with E-state index in [-0.39, 0.29) is 18.0 Å². The number of aromatic amines is 1. The summed E-state index contributed by atoms with van der Waals surface area (Å²) >= 11 is 0. The number of H-pyrrole nitrogens is 1. The molecule has 0 aliphatic carbocycles. The number of nitrogens with one attached hydrogen (secondary N) is 1. The summed E-state index contributed by atoms with van der Waals surface area (Å²) in [6.45, 7) is 0.0123. The Kier molecular flexibility index (Phi) is 4.75. The fourth-order valence-electron chi connectivity index (χ4n) is 1.74. The van der Waals surface area contributed by atoms with E-state index in [1.807, 2.05) is 0 Å².